The molecule has 0 radical (unpaired) electrons. The van der Waals surface area contributed by atoms with Gasteiger partial charge in [-0.3, -0.25) is 0 Å². The Hall–Kier alpha value is -7.86. The molecule has 0 saturated heterocycles. The van der Waals surface area contributed by atoms with E-state index in [2.05, 4.69) is 205 Å². The molecule has 0 amide bonds. The van der Waals surface area contributed by atoms with Crippen LogP contribution in [0.1, 0.15) is 22.3 Å². The molecule has 4 nitrogen and oxygen atoms in total. The van der Waals surface area contributed by atoms with Crippen molar-refractivity contribution < 1.29 is 0 Å². The van der Waals surface area contributed by atoms with Gasteiger partial charge in [-0.05, 0) is 87.0 Å². The molecule has 0 fully saturated rings. The third kappa shape index (κ3) is 5.46. The second kappa shape index (κ2) is 14.1. The van der Waals surface area contributed by atoms with Gasteiger partial charge in [0, 0.05) is 42.9 Å². The maximum absolute atomic E-state index is 5.26. The zero-order chi connectivity index (χ0) is 41.5. The summed E-state index contributed by atoms with van der Waals surface area (Å²) in [6.07, 6.45) is 0. The highest BCUT2D eigenvalue weighted by Crippen LogP contribution is 2.62. The lowest BCUT2D eigenvalue weighted by atomic mass is 9.67. The van der Waals surface area contributed by atoms with Crippen molar-refractivity contribution in [3.8, 4) is 62.1 Å². The molecule has 5 heteroatoms. The molecule has 294 valence electrons. The topological polar surface area (TPSA) is 43.6 Å². The van der Waals surface area contributed by atoms with E-state index in [-0.39, 0.29) is 0 Å². The lowest BCUT2D eigenvalue weighted by Gasteiger charge is -2.39. The van der Waals surface area contributed by atoms with Crippen LogP contribution >= 0.6 is 11.8 Å². The molecular formula is C58H36N4S. The van der Waals surface area contributed by atoms with Gasteiger partial charge in [0.05, 0.1) is 16.4 Å². The van der Waals surface area contributed by atoms with Crippen LogP contribution in [0.3, 0.4) is 0 Å². The van der Waals surface area contributed by atoms with Gasteiger partial charge < -0.3 is 4.57 Å². The summed E-state index contributed by atoms with van der Waals surface area (Å²) in [5.41, 5.74) is 15.9. The fourth-order valence-corrected chi connectivity index (χ4v) is 11.3. The van der Waals surface area contributed by atoms with Crippen LogP contribution in [0.15, 0.2) is 228 Å². The smallest absolute Gasteiger partial charge is 0.164 e. The van der Waals surface area contributed by atoms with E-state index in [9.17, 15) is 0 Å². The Morgan fingerprint density at radius 3 is 1.41 bits per heavy atom. The summed E-state index contributed by atoms with van der Waals surface area (Å²) in [4.78, 5) is 18.1. The fourth-order valence-electron chi connectivity index (χ4n) is 10.2. The number of para-hydroxylation sites is 2. The van der Waals surface area contributed by atoms with E-state index in [0.29, 0.717) is 17.5 Å². The molecule has 0 bridgehead atoms. The molecule has 0 N–H and O–H groups in total. The number of hydrogen-bond donors (Lipinski definition) is 0. The zero-order valence-electron chi connectivity index (χ0n) is 34.0. The first-order chi connectivity index (χ1) is 31.2. The van der Waals surface area contributed by atoms with Crippen molar-refractivity contribution in [1.82, 2.24) is 19.5 Å². The second-order valence-corrected chi connectivity index (χ2v) is 17.4. The number of hydrogen-bond acceptors (Lipinski definition) is 4. The first kappa shape index (κ1) is 35.9. The highest BCUT2D eigenvalue weighted by molar-refractivity contribution is 7.99. The van der Waals surface area contributed by atoms with Crippen LogP contribution in [0, 0.1) is 0 Å². The highest BCUT2D eigenvalue weighted by atomic mass is 32.2. The molecule has 63 heavy (non-hydrogen) atoms. The van der Waals surface area contributed by atoms with E-state index in [1.165, 1.54) is 65.0 Å². The van der Waals surface area contributed by atoms with Crippen LogP contribution in [-0.4, -0.2) is 19.5 Å². The minimum absolute atomic E-state index is 0.490. The molecule has 1 aliphatic heterocycles. The maximum Gasteiger partial charge on any atom is 0.164 e. The lowest BCUT2D eigenvalue weighted by molar-refractivity contribution is 0.722. The predicted octanol–water partition coefficient (Wildman–Crippen LogP) is 14.5. The van der Waals surface area contributed by atoms with E-state index in [0.717, 1.165) is 33.5 Å². The van der Waals surface area contributed by atoms with Crippen molar-refractivity contribution >= 4 is 33.6 Å². The SMILES string of the molecule is c1ccc(-c2nc(-c3ccc(-c4ccc(-n5c6ccccc6c6ccccc65)cc4)cc3)nc(-c3ccc4c(c3)C3(c5ccccc5S4)c4ccccc4-c4ccccc43)n2)cc1. The van der Waals surface area contributed by atoms with E-state index in [1.54, 1.807) is 0 Å². The van der Waals surface area contributed by atoms with Gasteiger partial charge >= 0.3 is 0 Å². The van der Waals surface area contributed by atoms with Gasteiger partial charge in [-0.25, -0.2) is 15.0 Å². The number of benzene rings is 9. The number of fused-ring (bicyclic) bond motifs is 12. The van der Waals surface area contributed by atoms with Crippen LogP contribution in [0.5, 0.6) is 0 Å². The first-order valence-corrected chi connectivity index (χ1v) is 22.2. The number of nitrogens with zero attached hydrogens (tertiary/aromatic N) is 4. The molecule has 3 heterocycles. The monoisotopic (exact) mass is 820 g/mol. The van der Waals surface area contributed by atoms with Crippen molar-refractivity contribution in [2.45, 2.75) is 15.2 Å². The molecule has 9 aromatic carbocycles. The van der Waals surface area contributed by atoms with E-state index >= 15 is 0 Å². The maximum atomic E-state index is 5.26. The summed E-state index contributed by atoms with van der Waals surface area (Å²) in [5, 5.41) is 2.52. The van der Waals surface area contributed by atoms with Gasteiger partial charge in [0.25, 0.3) is 0 Å². The van der Waals surface area contributed by atoms with Crippen molar-refractivity contribution in [3.05, 3.63) is 241 Å². The third-order valence-electron chi connectivity index (χ3n) is 13.0. The Labute approximate surface area is 369 Å². The van der Waals surface area contributed by atoms with Crippen molar-refractivity contribution in [1.29, 1.82) is 0 Å². The van der Waals surface area contributed by atoms with Crippen molar-refractivity contribution in [2.75, 3.05) is 0 Å². The van der Waals surface area contributed by atoms with Crippen LogP contribution in [0.4, 0.5) is 0 Å². The molecule has 0 atom stereocenters. The molecule has 0 unspecified atom stereocenters. The van der Waals surface area contributed by atoms with E-state index in [1.807, 2.05) is 30.0 Å². The molecule has 1 aliphatic carbocycles. The number of rotatable bonds is 5. The molecule has 1 spiro atoms. The summed E-state index contributed by atoms with van der Waals surface area (Å²) in [6.45, 7) is 0. The molecule has 11 aromatic rings. The molecule has 2 aliphatic rings. The van der Waals surface area contributed by atoms with Gasteiger partial charge in [-0.1, -0.05) is 188 Å². The van der Waals surface area contributed by atoms with E-state index in [4.69, 9.17) is 15.0 Å². The average molecular weight is 821 g/mol. The van der Waals surface area contributed by atoms with Gasteiger partial charge in [0.15, 0.2) is 17.5 Å². The third-order valence-corrected chi connectivity index (χ3v) is 14.1. The fraction of sp³-hybridized carbons (Fsp3) is 0.0172. The van der Waals surface area contributed by atoms with E-state index < -0.39 is 5.41 Å². The summed E-state index contributed by atoms with van der Waals surface area (Å²) in [6, 6.07) is 78.5. The second-order valence-electron chi connectivity index (χ2n) is 16.3. The lowest BCUT2D eigenvalue weighted by Crippen LogP contribution is -2.32. The molecule has 2 aromatic heterocycles. The van der Waals surface area contributed by atoms with Crippen LogP contribution in [0.25, 0.3) is 83.9 Å². The Kier molecular flexibility index (Phi) is 8.02. The summed E-state index contributed by atoms with van der Waals surface area (Å²) < 4.78 is 2.35. The summed E-state index contributed by atoms with van der Waals surface area (Å²) in [5.74, 6) is 1.92. The van der Waals surface area contributed by atoms with Crippen LogP contribution < -0.4 is 0 Å². The van der Waals surface area contributed by atoms with Crippen LogP contribution in [-0.2, 0) is 5.41 Å². The normalized spacial score (nSPS) is 13.1. The van der Waals surface area contributed by atoms with Crippen molar-refractivity contribution in [2.24, 2.45) is 0 Å². The average Bonchev–Trinajstić information content (AvgIpc) is 3.85. The minimum Gasteiger partial charge on any atom is -0.309 e. The highest BCUT2D eigenvalue weighted by Gasteiger charge is 2.50. The Morgan fingerprint density at radius 1 is 0.333 bits per heavy atom. The quantitative estimate of drug-likeness (QED) is 0.173. The van der Waals surface area contributed by atoms with Gasteiger partial charge in [-0.2, -0.15) is 0 Å². The van der Waals surface area contributed by atoms with Gasteiger partial charge in [0.1, 0.15) is 0 Å². The zero-order valence-corrected chi connectivity index (χ0v) is 34.8. The Balaban J connectivity index is 0.913. The summed E-state index contributed by atoms with van der Waals surface area (Å²) in [7, 11) is 0. The predicted molar refractivity (Wildman–Crippen MR) is 257 cm³/mol. The first-order valence-electron chi connectivity index (χ1n) is 21.3. The Morgan fingerprint density at radius 2 is 0.778 bits per heavy atom. The molecule has 13 rings (SSSR count). The van der Waals surface area contributed by atoms with Gasteiger partial charge in [-0.15, -0.1) is 0 Å². The minimum atomic E-state index is -0.490. The largest absolute Gasteiger partial charge is 0.309 e. The molecule has 0 saturated carbocycles. The number of aromatic nitrogens is 4. The summed E-state index contributed by atoms with van der Waals surface area (Å²) >= 11 is 1.84. The van der Waals surface area contributed by atoms with Gasteiger partial charge in [0.2, 0.25) is 0 Å². The van der Waals surface area contributed by atoms with Crippen molar-refractivity contribution in [3.63, 3.8) is 0 Å². The molecular weight excluding hydrogens is 785 g/mol. The Bertz CT molecular complexity index is 3490. The standard InChI is InChI=1S/C58H36N4S/c1-2-14-39(15-3-1)55-59-56(40-28-26-37(27-29-40)38-30-33-42(34-31-38)62-51-23-11-6-18-45(51)46-19-7-12-24-52(46)62)61-57(60-55)41-32-35-54-50(36-41)58(49-22-10-13-25-53(49)63-54)47-20-8-4-16-43(47)44-17-5-9-21-48(44)58/h1-36H. The van der Waals surface area contributed by atoms with Crippen LogP contribution in [0.2, 0.25) is 0 Å².